The number of carbonyl (C=O) groups is 1. The third kappa shape index (κ3) is 5.44. The molecule has 0 bridgehead atoms. The van der Waals surface area contributed by atoms with Gasteiger partial charge in [-0.15, -0.1) is 12.3 Å². The monoisotopic (exact) mass is 208 g/mol. The summed E-state index contributed by atoms with van der Waals surface area (Å²) in [7, 11) is 0. The molecule has 1 saturated heterocycles. The maximum absolute atomic E-state index is 11.5. The molecule has 1 rings (SSSR count). The SMILES string of the molecule is C#CCCCCNC(=O)CC1CCNC1. The van der Waals surface area contributed by atoms with Crippen molar-refractivity contribution in [3.8, 4) is 12.3 Å². The summed E-state index contributed by atoms with van der Waals surface area (Å²) >= 11 is 0. The van der Waals surface area contributed by atoms with Crippen molar-refractivity contribution >= 4 is 5.91 Å². The number of hydrogen-bond donors (Lipinski definition) is 2. The van der Waals surface area contributed by atoms with Gasteiger partial charge in [0.25, 0.3) is 0 Å². The Bertz CT molecular complexity index is 226. The Morgan fingerprint density at radius 2 is 2.40 bits per heavy atom. The number of terminal acetylenes is 1. The zero-order valence-corrected chi connectivity index (χ0v) is 9.22. The predicted octanol–water partition coefficient (Wildman–Crippen LogP) is 0.906. The number of hydrogen-bond acceptors (Lipinski definition) is 2. The zero-order valence-electron chi connectivity index (χ0n) is 9.22. The molecule has 3 nitrogen and oxygen atoms in total. The van der Waals surface area contributed by atoms with Gasteiger partial charge in [-0.25, -0.2) is 0 Å². The van der Waals surface area contributed by atoms with Crippen LogP contribution in [0.5, 0.6) is 0 Å². The first-order chi connectivity index (χ1) is 7.33. The van der Waals surface area contributed by atoms with Crippen LogP contribution in [-0.4, -0.2) is 25.5 Å². The third-order valence-electron chi connectivity index (χ3n) is 2.71. The lowest BCUT2D eigenvalue weighted by Crippen LogP contribution is -2.27. The minimum atomic E-state index is 0.185. The van der Waals surface area contributed by atoms with Gasteiger partial charge in [-0.1, -0.05) is 0 Å². The number of rotatable bonds is 6. The van der Waals surface area contributed by atoms with Crippen molar-refractivity contribution in [2.75, 3.05) is 19.6 Å². The van der Waals surface area contributed by atoms with Gasteiger partial charge < -0.3 is 10.6 Å². The molecule has 0 saturated carbocycles. The van der Waals surface area contributed by atoms with Crippen molar-refractivity contribution < 1.29 is 4.79 Å². The number of amides is 1. The summed E-state index contributed by atoms with van der Waals surface area (Å²) in [5.74, 6) is 3.32. The van der Waals surface area contributed by atoms with Crippen LogP contribution in [0.4, 0.5) is 0 Å². The molecular formula is C12H20N2O. The van der Waals surface area contributed by atoms with Crippen molar-refractivity contribution in [2.45, 2.75) is 32.1 Å². The molecule has 1 aliphatic heterocycles. The van der Waals surface area contributed by atoms with E-state index in [4.69, 9.17) is 6.42 Å². The lowest BCUT2D eigenvalue weighted by atomic mass is 10.0. The highest BCUT2D eigenvalue weighted by molar-refractivity contribution is 5.76. The third-order valence-corrected chi connectivity index (χ3v) is 2.71. The molecule has 1 atom stereocenters. The highest BCUT2D eigenvalue weighted by Gasteiger charge is 2.17. The first kappa shape index (κ1) is 12.1. The van der Waals surface area contributed by atoms with Crippen molar-refractivity contribution in [3.05, 3.63) is 0 Å². The van der Waals surface area contributed by atoms with E-state index in [9.17, 15) is 4.79 Å². The molecule has 0 aliphatic carbocycles. The molecule has 15 heavy (non-hydrogen) atoms. The molecule has 0 aromatic carbocycles. The van der Waals surface area contributed by atoms with Crippen molar-refractivity contribution in [1.82, 2.24) is 10.6 Å². The lowest BCUT2D eigenvalue weighted by Gasteiger charge is -2.08. The van der Waals surface area contributed by atoms with Crippen LogP contribution in [0.25, 0.3) is 0 Å². The maximum atomic E-state index is 11.5. The summed E-state index contributed by atoms with van der Waals surface area (Å²) in [6.45, 7) is 2.81. The molecule has 1 amide bonds. The molecule has 1 heterocycles. The molecule has 0 aromatic heterocycles. The minimum Gasteiger partial charge on any atom is -0.356 e. The molecule has 0 radical (unpaired) electrons. The average molecular weight is 208 g/mol. The van der Waals surface area contributed by atoms with Crippen LogP contribution in [-0.2, 0) is 4.79 Å². The van der Waals surface area contributed by atoms with Gasteiger partial charge in [0.2, 0.25) is 5.91 Å². The molecule has 1 unspecified atom stereocenters. The quantitative estimate of drug-likeness (QED) is 0.503. The summed E-state index contributed by atoms with van der Waals surface area (Å²) < 4.78 is 0. The fraction of sp³-hybridized carbons (Fsp3) is 0.750. The Kier molecular flexibility index (Phi) is 5.87. The van der Waals surface area contributed by atoms with E-state index in [0.717, 1.165) is 45.3 Å². The highest BCUT2D eigenvalue weighted by Crippen LogP contribution is 2.11. The Morgan fingerprint density at radius 1 is 1.53 bits per heavy atom. The summed E-state index contributed by atoms with van der Waals surface area (Å²) in [5, 5.41) is 6.19. The van der Waals surface area contributed by atoms with Crippen LogP contribution in [0.3, 0.4) is 0 Å². The normalized spacial score (nSPS) is 19.8. The van der Waals surface area contributed by atoms with E-state index in [1.165, 1.54) is 0 Å². The van der Waals surface area contributed by atoms with E-state index in [0.29, 0.717) is 12.3 Å². The highest BCUT2D eigenvalue weighted by atomic mass is 16.1. The van der Waals surface area contributed by atoms with Gasteiger partial charge in [0.15, 0.2) is 0 Å². The van der Waals surface area contributed by atoms with E-state index in [-0.39, 0.29) is 5.91 Å². The van der Waals surface area contributed by atoms with Crippen LogP contribution in [0.2, 0.25) is 0 Å². The summed E-state index contributed by atoms with van der Waals surface area (Å²) in [6.07, 6.45) is 9.73. The Hall–Kier alpha value is -1.01. The largest absolute Gasteiger partial charge is 0.356 e. The zero-order chi connectivity index (χ0) is 10.9. The molecule has 0 spiro atoms. The topological polar surface area (TPSA) is 41.1 Å². The average Bonchev–Trinajstić information content (AvgIpc) is 2.70. The van der Waals surface area contributed by atoms with Crippen LogP contribution >= 0.6 is 0 Å². The van der Waals surface area contributed by atoms with Crippen LogP contribution in [0.15, 0.2) is 0 Å². The Labute approximate surface area is 92.0 Å². The lowest BCUT2D eigenvalue weighted by molar-refractivity contribution is -0.121. The second kappa shape index (κ2) is 7.30. The number of nitrogens with one attached hydrogen (secondary N) is 2. The standard InChI is InChI=1S/C12H20N2O/c1-2-3-4-5-7-14-12(15)9-11-6-8-13-10-11/h1,11,13H,3-10H2,(H,14,15). The van der Waals surface area contributed by atoms with Gasteiger partial charge in [-0.3, -0.25) is 4.79 Å². The van der Waals surface area contributed by atoms with Gasteiger partial charge in [-0.05, 0) is 38.3 Å². The summed E-state index contributed by atoms with van der Waals surface area (Å²) in [4.78, 5) is 11.5. The fourth-order valence-electron chi connectivity index (χ4n) is 1.80. The predicted molar refractivity (Wildman–Crippen MR) is 61.3 cm³/mol. The first-order valence-electron chi connectivity index (χ1n) is 5.74. The summed E-state index contributed by atoms with van der Waals surface area (Å²) in [5.41, 5.74) is 0. The van der Waals surface area contributed by atoms with Crippen LogP contribution in [0, 0.1) is 18.3 Å². The molecule has 1 aliphatic rings. The van der Waals surface area contributed by atoms with E-state index in [1.54, 1.807) is 0 Å². The molecular weight excluding hydrogens is 188 g/mol. The van der Waals surface area contributed by atoms with Gasteiger partial charge in [-0.2, -0.15) is 0 Å². The van der Waals surface area contributed by atoms with Crippen molar-refractivity contribution in [3.63, 3.8) is 0 Å². The second-order valence-corrected chi connectivity index (χ2v) is 4.07. The van der Waals surface area contributed by atoms with Gasteiger partial charge >= 0.3 is 0 Å². The van der Waals surface area contributed by atoms with E-state index < -0.39 is 0 Å². The van der Waals surface area contributed by atoms with E-state index >= 15 is 0 Å². The van der Waals surface area contributed by atoms with Crippen LogP contribution < -0.4 is 10.6 Å². The van der Waals surface area contributed by atoms with Gasteiger partial charge in [0.1, 0.15) is 0 Å². The van der Waals surface area contributed by atoms with Gasteiger partial charge in [0.05, 0.1) is 0 Å². The van der Waals surface area contributed by atoms with Crippen molar-refractivity contribution in [1.29, 1.82) is 0 Å². The van der Waals surface area contributed by atoms with Crippen molar-refractivity contribution in [2.24, 2.45) is 5.92 Å². The molecule has 3 heteroatoms. The van der Waals surface area contributed by atoms with E-state index in [1.807, 2.05) is 0 Å². The molecule has 2 N–H and O–H groups in total. The second-order valence-electron chi connectivity index (χ2n) is 4.07. The fourth-order valence-corrected chi connectivity index (χ4v) is 1.80. The Balaban J connectivity index is 1.96. The van der Waals surface area contributed by atoms with E-state index in [2.05, 4.69) is 16.6 Å². The molecule has 1 fully saturated rings. The maximum Gasteiger partial charge on any atom is 0.220 e. The smallest absolute Gasteiger partial charge is 0.220 e. The minimum absolute atomic E-state index is 0.185. The Morgan fingerprint density at radius 3 is 3.07 bits per heavy atom. The first-order valence-corrected chi connectivity index (χ1v) is 5.74. The van der Waals surface area contributed by atoms with Crippen LogP contribution in [0.1, 0.15) is 32.1 Å². The summed E-state index contributed by atoms with van der Waals surface area (Å²) in [6, 6.07) is 0. The molecule has 0 aromatic rings. The van der Waals surface area contributed by atoms with Gasteiger partial charge in [0, 0.05) is 19.4 Å². The number of carbonyl (C=O) groups excluding carboxylic acids is 1. The molecule has 84 valence electrons. The number of unbranched alkanes of at least 4 members (excludes halogenated alkanes) is 2.